The zero-order chi connectivity index (χ0) is 19.3. The van der Waals surface area contributed by atoms with Crippen LogP contribution in [0.25, 0.3) is 11.0 Å². The van der Waals surface area contributed by atoms with Crippen LogP contribution in [0.5, 0.6) is 11.5 Å². The minimum atomic E-state index is -5.12. The molecule has 0 saturated heterocycles. The van der Waals surface area contributed by atoms with Gasteiger partial charge in [-0.05, 0) is 0 Å². The number of nitrogens with one attached hydrogen (secondary N) is 2. The molecule has 2 aromatic rings. The highest BCUT2D eigenvalue weighted by molar-refractivity contribution is 6.05. The number of amides is 2. The van der Waals surface area contributed by atoms with Gasteiger partial charge in [0.15, 0.2) is 11.5 Å². The number of anilines is 1. The molecule has 140 valence electrons. The topological polar surface area (TPSA) is 94.5 Å². The van der Waals surface area contributed by atoms with Crippen molar-refractivity contribution in [2.45, 2.75) is 25.2 Å². The zero-order valence-corrected chi connectivity index (χ0v) is 14.0. The van der Waals surface area contributed by atoms with Crippen molar-refractivity contribution in [3.05, 3.63) is 12.1 Å². The molecule has 1 unspecified atom stereocenters. The van der Waals surface area contributed by atoms with Crippen LogP contribution in [0.1, 0.15) is 13.3 Å². The van der Waals surface area contributed by atoms with Gasteiger partial charge in [0.05, 0.1) is 25.3 Å². The van der Waals surface area contributed by atoms with Crippen LogP contribution in [-0.4, -0.2) is 41.8 Å². The van der Waals surface area contributed by atoms with Crippen molar-refractivity contribution in [2.75, 3.05) is 19.5 Å². The molecule has 0 spiro atoms. The van der Waals surface area contributed by atoms with Crippen molar-refractivity contribution in [2.24, 2.45) is 0 Å². The normalized spacial score (nSPS) is 19.2. The monoisotopic (exact) mass is 372 g/mol. The smallest absolute Gasteiger partial charge is 0.440 e. The lowest BCUT2D eigenvalue weighted by molar-refractivity contribution is -0.217. The van der Waals surface area contributed by atoms with E-state index in [0.29, 0.717) is 4.57 Å². The van der Waals surface area contributed by atoms with E-state index in [9.17, 15) is 22.8 Å². The van der Waals surface area contributed by atoms with Crippen molar-refractivity contribution >= 4 is 28.8 Å². The highest BCUT2D eigenvalue weighted by Crippen LogP contribution is 2.45. The number of hydrogen-bond donors (Lipinski definition) is 2. The molecule has 8 nitrogen and oxygen atoms in total. The second kappa shape index (κ2) is 5.78. The van der Waals surface area contributed by atoms with Gasteiger partial charge in [-0.1, -0.05) is 6.92 Å². The van der Waals surface area contributed by atoms with Crippen molar-refractivity contribution in [3.63, 3.8) is 0 Å². The largest absolute Gasteiger partial charge is 0.493 e. The molecule has 1 aromatic heterocycles. The van der Waals surface area contributed by atoms with Gasteiger partial charge in [0.25, 0.3) is 11.6 Å². The number of imidazole rings is 1. The van der Waals surface area contributed by atoms with Crippen molar-refractivity contribution < 1.29 is 32.2 Å². The summed E-state index contributed by atoms with van der Waals surface area (Å²) in [5, 5.41) is 3.89. The van der Waals surface area contributed by atoms with Gasteiger partial charge < -0.3 is 14.8 Å². The van der Waals surface area contributed by atoms with Gasteiger partial charge in [0.2, 0.25) is 11.9 Å². The Hall–Kier alpha value is -2.98. The van der Waals surface area contributed by atoms with Crippen LogP contribution < -0.4 is 20.1 Å². The standard InChI is InChI=1S/C15H15F3N4O4/c1-4-11(23)21-14(15(16,17)18)12(24)20-13-19-7-5-9(25-2)10(26-3)6-8(7)22(13)14/h5-6H,4H2,1-3H3,(H,21,23)(H,19,20,24). The number of fused-ring (bicyclic) bond motifs is 3. The molecule has 0 aliphatic carbocycles. The summed E-state index contributed by atoms with van der Waals surface area (Å²) >= 11 is 0. The Kier molecular flexibility index (Phi) is 3.97. The average Bonchev–Trinajstić information content (AvgIpc) is 3.06. The number of methoxy groups -OCH3 is 2. The van der Waals surface area contributed by atoms with Gasteiger partial charge in [-0.3, -0.25) is 19.5 Å². The Labute approximate surface area is 145 Å². The molecule has 1 atom stereocenters. The number of halogens is 3. The summed E-state index contributed by atoms with van der Waals surface area (Å²) in [5.74, 6) is -2.30. The Morgan fingerprint density at radius 3 is 2.46 bits per heavy atom. The number of ether oxygens (including phenoxy) is 2. The van der Waals surface area contributed by atoms with E-state index in [1.165, 1.54) is 33.3 Å². The predicted molar refractivity (Wildman–Crippen MR) is 83.9 cm³/mol. The van der Waals surface area contributed by atoms with E-state index < -0.39 is 23.7 Å². The first-order valence-electron chi connectivity index (χ1n) is 7.53. The number of rotatable bonds is 4. The summed E-state index contributed by atoms with van der Waals surface area (Å²) in [6, 6.07) is 2.65. The molecule has 0 radical (unpaired) electrons. The van der Waals surface area contributed by atoms with Gasteiger partial charge in [0.1, 0.15) is 0 Å². The average molecular weight is 372 g/mol. The van der Waals surface area contributed by atoms with Crippen LogP contribution >= 0.6 is 0 Å². The maximum Gasteiger partial charge on any atom is 0.440 e. The lowest BCUT2D eigenvalue weighted by Gasteiger charge is -2.31. The van der Waals surface area contributed by atoms with Gasteiger partial charge >= 0.3 is 6.18 Å². The lowest BCUT2D eigenvalue weighted by atomic mass is 10.1. The minimum Gasteiger partial charge on any atom is -0.493 e. The number of alkyl halides is 3. The molecule has 2 N–H and O–H groups in total. The summed E-state index contributed by atoms with van der Waals surface area (Å²) in [7, 11) is 2.70. The van der Waals surface area contributed by atoms with Crippen LogP contribution in [0, 0.1) is 0 Å². The molecule has 0 fully saturated rings. The first-order chi connectivity index (χ1) is 12.2. The predicted octanol–water partition coefficient (Wildman–Crippen LogP) is 1.75. The number of nitrogens with zero attached hydrogens (tertiary/aromatic N) is 2. The quantitative estimate of drug-likeness (QED) is 0.853. The third-order valence-electron chi connectivity index (χ3n) is 4.10. The molecule has 26 heavy (non-hydrogen) atoms. The summed E-state index contributed by atoms with van der Waals surface area (Å²) in [4.78, 5) is 28.1. The highest BCUT2D eigenvalue weighted by Gasteiger charge is 2.67. The van der Waals surface area contributed by atoms with E-state index in [0.717, 1.165) is 0 Å². The Balaban J connectivity index is 2.34. The molecular weight excluding hydrogens is 357 g/mol. The van der Waals surface area contributed by atoms with Gasteiger partial charge in [-0.15, -0.1) is 0 Å². The first kappa shape index (κ1) is 17.8. The third-order valence-corrected chi connectivity index (χ3v) is 4.10. The Morgan fingerprint density at radius 2 is 1.92 bits per heavy atom. The van der Waals surface area contributed by atoms with Gasteiger partial charge in [0, 0.05) is 18.6 Å². The molecule has 0 bridgehead atoms. The molecule has 0 saturated carbocycles. The number of aromatic nitrogens is 2. The molecule has 1 aliphatic rings. The molecule has 1 aliphatic heterocycles. The SMILES string of the molecule is CCC(=O)NC1(C(F)(F)F)C(=O)Nc2nc3cc(OC)c(OC)cc3n21. The van der Waals surface area contributed by atoms with Crippen molar-refractivity contribution in [1.29, 1.82) is 0 Å². The maximum absolute atomic E-state index is 14.0. The molecule has 1 aromatic carbocycles. The number of benzene rings is 1. The first-order valence-corrected chi connectivity index (χ1v) is 7.53. The molecule has 11 heteroatoms. The zero-order valence-electron chi connectivity index (χ0n) is 14.0. The molecule has 2 amide bonds. The van der Waals surface area contributed by atoms with Crippen molar-refractivity contribution in [3.8, 4) is 11.5 Å². The second-order valence-electron chi connectivity index (χ2n) is 5.53. The Morgan fingerprint density at radius 1 is 1.31 bits per heavy atom. The van der Waals surface area contributed by atoms with E-state index in [-0.39, 0.29) is 34.9 Å². The van der Waals surface area contributed by atoms with Crippen LogP contribution in [0.2, 0.25) is 0 Å². The van der Waals surface area contributed by atoms with E-state index in [4.69, 9.17) is 9.47 Å². The number of carbonyl (C=O) groups excluding carboxylic acids is 2. The van der Waals surface area contributed by atoms with E-state index in [2.05, 4.69) is 10.3 Å². The summed E-state index contributed by atoms with van der Waals surface area (Å²) < 4.78 is 52.8. The van der Waals surface area contributed by atoms with Crippen molar-refractivity contribution in [1.82, 2.24) is 14.9 Å². The van der Waals surface area contributed by atoms with E-state index in [1.807, 2.05) is 5.32 Å². The van der Waals surface area contributed by atoms with Crippen LogP contribution in [-0.2, 0) is 15.3 Å². The van der Waals surface area contributed by atoms with Crippen LogP contribution in [0.4, 0.5) is 19.1 Å². The molecule has 3 rings (SSSR count). The summed E-state index contributed by atoms with van der Waals surface area (Å²) in [5.41, 5.74) is -3.22. The Bertz CT molecular complexity index is 908. The van der Waals surface area contributed by atoms with Gasteiger partial charge in [-0.2, -0.15) is 13.2 Å². The summed E-state index contributed by atoms with van der Waals surface area (Å²) in [6.45, 7) is 1.38. The number of hydrogen-bond acceptors (Lipinski definition) is 5. The molecular formula is C15H15F3N4O4. The summed E-state index contributed by atoms with van der Waals surface area (Å²) in [6.07, 6.45) is -5.35. The highest BCUT2D eigenvalue weighted by atomic mass is 19.4. The van der Waals surface area contributed by atoms with E-state index in [1.54, 1.807) is 0 Å². The third kappa shape index (κ3) is 2.26. The van der Waals surface area contributed by atoms with E-state index >= 15 is 0 Å². The fraction of sp³-hybridized carbons (Fsp3) is 0.400. The van der Waals surface area contributed by atoms with Crippen LogP contribution in [0.15, 0.2) is 12.1 Å². The fourth-order valence-corrected chi connectivity index (χ4v) is 2.85. The maximum atomic E-state index is 14.0. The lowest BCUT2D eigenvalue weighted by Crippen LogP contribution is -2.63. The van der Waals surface area contributed by atoms with Gasteiger partial charge in [-0.25, -0.2) is 4.98 Å². The molecule has 2 heterocycles. The fourth-order valence-electron chi connectivity index (χ4n) is 2.85. The second-order valence-corrected chi connectivity index (χ2v) is 5.53. The van der Waals surface area contributed by atoms with Crippen LogP contribution in [0.3, 0.4) is 0 Å². The minimum absolute atomic E-state index is 0.0512. The number of carbonyl (C=O) groups is 2.